The van der Waals surface area contributed by atoms with Crippen LogP contribution in [0.15, 0.2) is 71.9 Å². The van der Waals surface area contributed by atoms with Crippen molar-refractivity contribution in [1.29, 1.82) is 0 Å². The number of hydrogen-bond acceptors (Lipinski definition) is 4. The van der Waals surface area contributed by atoms with E-state index >= 15 is 0 Å². The van der Waals surface area contributed by atoms with Crippen molar-refractivity contribution in [2.45, 2.75) is 20.0 Å². The first kappa shape index (κ1) is 21.1. The molecule has 2 N–H and O–H groups in total. The maximum atomic E-state index is 13.2. The van der Waals surface area contributed by atoms with Crippen molar-refractivity contribution in [3.05, 3.63) is 83.8 Å². The third kappa shape index (κ3) is 6.20. The Morgan fingerprint density at radius 1 is 1.03 bits per heavy atom. The van der Waals surface area contributed by atoms with Gasteiger partial charge in [0.25, 0.3) is 0 Å². The fourth-order valence-corrected chi connectivity index (χ4v) is 2.76. The Hall–Kier alpha value is -3.61. The Kier molecular flexibility index (Phi) is 7.60. The number of ether oxygens (including phenoxy) is 2. The number of nitrogens with zero attached hydrogens (tertiary/aromatic N) is 2. The van der Waals surface area contributed by atoms with Crippen molar-refractivity contribution in [2.24, 2.45) is 4.99 Å². The van der Waals surface area contributed by atoms with Gasteiger partial charge < -0.3 is 20.1 Å². The number of hydrogen-bond donors (Lipinski definition) is 2. The zero-order valence-electron chi connectivity index (χ0n) is 17.1. The minimum absolute atomic E-state index is 0.351. The van der Waals surface area contributed by atoms with Gasteiger partial charge in [0, 0.05) is 44.0 Å². The summed E-state index contributed by atoms with van der Waals surface area (Å²) in [4.78, 5) is 8.52. The Morgan fingerprint density at radius 2 is 1.87 bits per heavy atom. The number of halogens is 1. The molecule has 3 aromatic rings. The molecular weight excluding hydrogens is 383 g/mol. The van der Waals surface area contributed by atoms with Crippen molar-refractivity contribution >= 4 is 5.96 Å². The summed E-state index contributed by atoms with van der Waals surface area (Å²) in [6.07, 6.45) is 1.71. The zero-order valence-corrected chi connectivity index (χ0v) is 17.1. The number of guanidine groups is 1. The maximum absolute atomic E-state index is 13.2. The van der Waals surface area contributed by atoms with E-state index in [0.717, 1.165) is 16.9 Å². The van der Waals surface area contributed by atoms with Crippen LogP contribution < -0.4 is 20.1 Å². The van der Waals surface area contributed by atoms with Crippen LogP contribution in [0.25, 0.3) is 0 Å². The second-order valence-electron chi connectivity index (χ2n) is 6.38. The van der Waals surface area contributed by atoms with Crippen molar-refractivity contribution in [3.8, 4) is 17.4 Å². The minimum atomic E-state index is -0.351. The lowest BCUT2D eigenvalue weighted by Crippen LogP contribution is -2.36. The molecule has 156 valence electrons. The molecule has 7 heteroatoms. The molecule has 1 heterocycles. The molecule has 0 aliphatic carbocycles. The molecule has 0 atom stereocenters. The number of pyridine rings is 1. The highest BCUT2D eigenvalue weighted by Gasteiger charge is 2.05. The lowest BCUT2D eigenvalue weighted by molar-refractivity contribution is 0.336. The van der Waals surface area contributed by atoms with Crippen LogP contribution in [0.3, 0.4) is 0 Å². The van der Waals surface area contributed by atoms with Crippen molar-refractivity contribution in [1.82, 2.24) is 15.6 Å². The molecule has 1 aromatic heterocycles. The van der Waals surface area contributed by atoms with Gasteiger partial charge in [0.15, 0.2) is 5.96 Å². The maximum Gasteiger partial charge on any atom is 0.219 e. The molecule has 30 heavy (non-hydrogen) atoms. The fourth-order valence-electron chi connectivity index (χ4n) is 2.76. The van der Waals surface area contributed by atoms with Gasteiger partial charge in [-0.1, -0.05) is 30.3 Å². The predicted molar refractivity (Wildman–Crippen MR) is 115 cm³/mol. The molecule has 0 saturated heterocycles. The average molecular weight is 408 g/mol. The molecule has 0 spiro atoms. The lowest BCUT2D eigenvalue weighted by Gasteiger charge is -2.14. The van der Waals surface area contributed by atoms with E-state index in [-0.39, 0.29) is 5.82 Å². The van der Waals surface area contributed by atoms with Gasteiger partial charge in [-0.25, -0.2) is 9.37 Å². The monoisotopic (exact) mass is 408 g/mol. The van der Waals surface area contributed by atoms with Crippen LogP contribution in [0.1, 0.15) is 18.1 Å². The molecule has 2 aromatic carbocycles. The Morgan fingerprint density at radius 3 is 2.60 bits per heavy atom. The molecule has 0 aliphatic heterocycles. The molecule has 3 rings (SSSR count). The van der Waals surface area contributed by atoms with Crippen molar-refractivity contribution < 1.29 is 13.9 Å². The summed E-state index contributed by atoms with van der Waals surface area (Å²) < 4.78 is 24.5. The summed E-state index contributed by atoms with van der Waals surface area (Å²) in [5.41, 5.74) is 2.02. The van der Waals surface area contributed by atoms with Crippen LogP contribution in [0.2, 0.25) is 0 Å². The van der Waals surface area contributed by atoms with E-state index in [9.17, 15) is 4.39 Å². The third-order valence-corrected chi connectivity index (χ3v) is 4.22. The first-order chi connectivity index (χ1) is 14.7. The summed E-state index contributed by atoms with van der Waals surface area (Å²) >= 11 is 0. The van der Waals surface area contributed by atoms with E-state index < -0.39 is 0 Å². The van der Waals surface area contributed by atoms with Crippen LogP contribution >= 0.6 is 0 Å². The van der Waals surface area contributed by atoms with E-state index in [2.05, 4.69) is 20.6 Å². The Labute approximate surface area is 175 Å². The Balaban J connectivity index is 1.51. The summed E-state index contributed by atoms with van der Waals surface area (Å²) in [6, 6.07) is 17.5. The number of nitrogens with one attached hydrogen (secondary N) is 2. The van der Waals surface area contributed by atoms with Crippen molar-refractivity contribution in [2.75, 3.05) is 13.7 Å². The first-order valence-electron chi connectivity index (χ1n) is 9.71. The van der Waals surface area contributed by atoms with Crippen LogP contribution in [-0.4, -0.2) is 24.6 Å². The van der Waals surface area contributed by atoms with Crippen LogP contribution in [0, 0.1) is 5.82 Å². The van der Waals surface area contributed by atoms with Gasteiger partial charge in [-0.05, 0) is 30.7 Å². The number of para-hydroxylation sites is 1. The van der Waals surface area contributed by atoms with Crippen LogP contribution in [0.4, 0.5) is 4.39 Å². The predicted octanol–water partition coefficient (Wildman–Crippen LogP) is 4.28. The van der Waals surface area contributed by atoms with Gasteiger partial charge in [-0.15, -0.1) is 0 Å². The first-order valence-corrected chi connectivity index (χ1v) is 9.71. The van der Waals surface area contributed by atoms with Gasteiger partial charge in [0.05, 0.1) is 6.61 Å². The van der Waals surface area contributed by atoms with E-state index in [4.69, 9.17) is 9.47 Å². The fraction of sp³-hybridized carbons (Fsp3) is 0.217. The molecular formula is C23H25FN4O2. The van der Waals surface area contributed by atoms with Gasteiger partial charge in [0.2, 0.25) is 5.88 Å². The lowest BCUT2D eigenvalue weighted by atomic mass is 10.2. The number of aromatic nitrogens is 1. The van der Waals surface area contributed by atoms with E-state index in [1.807, 2.05) is 37.3 Å². The molecule has 0 amide bonds. The van der Waals surface area contributed by atoms with Gasteiger partial charge in [-0.3, -0.25) is 4.99 Å². The molecule has 0 bridgehead atoms. The van der Waals surface area contributed by atoms with Crippen LogP contribution in [-0.2, 0) is 13.1 Å². The summed E-state index contributed by atoms with van der Waals surface area (Å²) in [5.74, 6) is 1.99. The molecule has 0 radical (unpaired) electrons. The highest BCUT2D eigenvalue weighted by molar-refractivity contribution is 5.79. The molecule has 0 unspecified atom stereocenters. The summed E-state index contributed by atoms with van der Waals surface area (Å²) in [6.45, 7) is 3.72. The number of rotatable bonds is 8. The van der Waals surface area contributed by atoms with E-state index in [0.29, 0.717) is 37.3 Å². The minimum Gasteiger partial charge on any atom is -0.494 e. The molecule has 0 fully saturated rings. The third-order valence-electron chi connectivity index (χ3n) is 4.22. The zero-order chi connectivity index (χ0) is 21.2. The van der Waals surface area contributed by atoms with Gasteiger partial charge >= 0.3 is 0 Å². The smallest absolute Gasteiger partial charge is 0.219 e. The normalized spacial score (nSPS) is 11.1. The van der Waals surface area contributed by atoms with Crippen LogP contribution in [0.5, 0.6) is 17.4 Å². The summed E-state index contributed by atoms with van der Waals surface area (Å²) in [7, 11) is 1.72. The summed E-state index contributed by atoms with van der Waals surface area (Å²) in [5, 5.41) is 6.53. The van der Waals surface area contributed by atoms with E-state index in [1.54, 1.807) is 31.4 Å². The number of benzene rings is 2. The largest absolute Gasteiger partial charge is 0.494 e. The average Bonchev–Trinajstić information content (AvgIpc) is 2.76. The topological polar surface area (TPSA) is 67.8 Å². The molecule has 6 nitrogen and oxygen atoms in total. The standard InChI is InChI=1S/C23H25FN4O2/c1-3-29-21-10-5-4-7-18(21)16-28-23(25-2)27-15-17-11-12-22(26-14-17)30-20-9-6-8-19(24)13-20/h4-14H,3,15-16H2,1-2H3,(H2,25,27,28). The van der Waals surface area contributed by atoms with Gasteiger partial charge in [-0.2, -0.15) is 0 Å². The van der Waals surface area contributed by atoms with Gasteiger partial charge in [0.1, 0.15) is 17.3 Å². The van der Waals surface area contributed by atoms with Crippen molar-refractivity contribution in [3.63, 3.8) is 0 Å². The Bertz CT molecular complexity index is 977. The number of aliphatic imine (C=N–C) groups is 1. The second kappa shape index (κ2) is 10.8. The van der Waals surface area contributed by atoms with E-state index in [1.165, 1.54) is 12.1 Å². The molecule has 0 aliphatic rings. The highest BCUT2D eigenvalue weighted by Crippen LogP contribution is 2.20. The molecule has 0 saturated carbocycles. The second-order valence-corrected chi connectivity index (χ2v) is 6.38. The SMILES string of the molecule is CCOc1ccccc1CNC(=NC)NCc1ccc(Oc2cccc(F)c2)nc1. The quantitative estimate of drug-likeness (QED) is 0.430. The highest BCUT2D eigenvalue weighted by atomic mass is 19.1.